The Balaban J connectivity index is 1.89. The van der Waals surface area contributed by atoms with Gasteiger partial charge >= 0.3 is 5.97 Å². The molecule has 0 N–H and O–H groups in total. The van der Waals surface area contributed by atoms with Crippen LogP contribution in [0, 0.1) is 0 Å². The minimum atomic E-state index is -0.642. The number of allylic oxidation sites excluding steroid dienone is 1. The molecular weight excluding hydrogens is 456 g/mol. The average molecular weight is 481 g/mol. The van der Waals surface area contributed by atoms with E-state index in [1.54, 1.807) is 23.6 Å². The lowest BCUT2D eigenvalue weighted by Crippen LogP contribution is -2.39. The van der Waals surface area contributed by atoms with E-state index in [0.29, 0.717) is 25.6 Å². The molecular formula is C26H25ClN2O3S. The highest BCUT2D eigenvalue weighted by Crippen LogP contribution is 2.31. The van der Waals surface area contributed by atoms with Crippen molar-refractivity contribution >= 4 is 35.0 Å². The summed E-state index contributed by atoms with van der Waals surface area (Å²) in [4.78, 5) is 31.3. The van der Waals surface area contributed by atoms with Gasteiger partial charge in [0.15, 0.2) is 4.80 Å². The van der Waals surface area contributed by atoms with Crippen LogP contribution in [-0.2, 0) is 14.9 Å². The van der Waals surface area contributed by atoms with E-state index in [-0.39, 0.29) is 11.0 Å². The zero-order valence-electron chi connectivity index (χ0n) is 19.2. The third-order valence-electron chi connectivity index (χ3n) is 5.69. The fraction of sp³-hybridized carbons (Fsp3) is 0.269. The fourth-order valence-corrected chi connectivity index (χ4v) is 5.06. The first-order chi connectivity index (χ1) is 15.6. The Kier molecular flexibility index (Phi) is 6.16. The third-order valence-corrected chi connectivity index (χ3v) is 6.92. The molecule has 0 saturated heterocycles. The van der Waals surface area contributed by atoms with Crippen LogP contribution in [0.4, 0.5) is 0 Å². The molecule has 0 aliphatic carbocycles. The molecule has 1 aromatic heterocycles. The summed E-state index contributed by atoms with van der Waals surface area (Å²) in [6.07, 6.45) is 1.87. The number of hydrogen-bond donors (Lipinski definition) is 0. The second-order valence-electron chi connectivity index (χ2n) is 9.00. The maximum Gasteiger partial charge on any atom is 0.338 e. The summed E-state index contributed by atoms with van der Waals surface area (Å²) in [6.45, 7) is 8.26. The molecule has 0 spiro atoms. The molecule has 1 atom stereocenters. The van der Waals surface area contributed by atoms with Crippen LogP contribution >= 0.6 is 22.9 Å². The summed E-state index contributed by atoms with van der Waals surface area (Å²) >= 11 is 7.39. The number of rotatable bonds is 3. The van der Waals surface area contributed by atoms with E-state index in [0.717, 1.165) is 11.1 Å². The van der Waals surface area contributed by atoms with Gasteiger partial charge in [-0.15, -0.1) is 0 Å². The first-order valence-electron chi connectivity index (χ1n) is 10.6. The number of aromatic nitrogens is 1. The predicted molar refractivity (Wildman–Crippen MR) is 132 cm³/mol. The third kappa shape index (κ3) is 4.45. The number of halogens is 1. The fourth-order valence-electron chi connectivity index (χ4n) is 3.88. The van der Waals surface area contributed by atoms with Crippen molar-refractivity contribution in [1.82, 2.24) is 4.57 Å². The van der Waals surface area contributed by atoms with Crippen molar-refractivity contribution in [2.45, 2.75) is 39.2 Å². The van der Waals surface area contributed by atoms with Gasteiger partial charge in [0.1, 0.15) is 0 Å². The molecule has 1 aliphatic heterocycles. The maximum atomic E-state index is 13.5. The second-order valence-corrected chi connectivity index (χ2v) is 10.4. The number of hydrogen-bond acceptors (Lipinski definition) is 5. The molecule has 0 fully saturated rings. The van der Waals surface area contributed by atoms with Gasteiger partial charge in [-0.05, 0) is 47.2 Å². The lowest BCUT2D eigenvalue weighted by Gasteiger charge is -2.24. The van der Waals surface area contributed by atoms with Crippen LogP contribution in [0.1, 0.15) is 50.4 Å². The van der Waals surface area contributed by atoms with Crippen LogP contribution in [0.5, 0.6) is 0 Å². The molecule has 33 heavy (non-hydrogen) atoms. The van der Waals surface area contributed by atoms with Crippen molar-refractivity contribution in [3.05, 3.63) is 101 Å². The molecule has 170 valence electrons. The van der Waals surface area contributed by atoms with E-state index < -0.39 is 12.0 Å². The van der Waals surface area contributed by atoms with Crippen molar-refractivity contribution in [1.29, 1.82) is 0 Å². The number of carbonyl (C=O) groups excluding carboxylic acids is 1. The number of ether oxygens (including phenoxy) is 1. The molecule has 0 amide bonds. The van der Waals surface area contributed by atoms with Crippen LogP contribution in [0.25, 0.3) is 6.08 Å². The summed E-state index contributed by atoms with van der Waals surface area (Å²) < 4.78 is 7.15. The average Bonchev–Trinajstić information content (AvgIpc) is 3.07. The van der Waals surface area contributed by atoms with Crippen molar-refractivity contribution < 1.29 is 9.53 Å². The number of methoxy groups -OCH3 is 1. The highest BCUT2D eigenvalue weighted by molar-refractivity contribution is 7.07. The lowest BCUT2D eigenvalue weighted by atomic mass is 9.87. The molecule has 3 aromatic rings. The Bertz CT molecular complexity index is 1420. The summed E-state index contributed by atoms with van der Waals surface area (Å²) in [5.74, 6) is -0.511. The van der Waals surface area contributed by atoms with E-state index in [4.69, 9.17) is 16.3 Å². The van der Waals surface area contributed by atoms with Gasteiger partial charge in [-0.1, -0.05) is 80.1 Å². The van der Waals surface area contributed by atoms with E-state index in [1.807, 2.05) is 30.3 Å². The Morgan fingerprint density at radius 3 is 2.33 bits per heavy atom. The Morgan fingerprint density at radius 2 is 1.76 bits per heavy atom. The largest absolute Gasteiger partial charge is 0.466 e. The second kappa shape index (κ2) is 8.76. The molecule has 2 aromatic carbocycles. The number of fused-ring (bicyclic) bond motifs is 1. The molecule has 0 radical (unpaired) electrons. The standard InChI is InChI=1S/C26H25ClN2O3S/c1-15-21(24(31)32-5)22(17-8-12-19(27)13-9-17)29-23(30)20(33-25(29)28-15)14-16-6-10-18(11-7-16)26(2,3)4/h6-14,22H,1-5H3/b20-14+/t22-/m0/s1. The first-order valence-corrected chi connectivity index (χ1v) is 11.8. The van der Waals surface area contributed by atoms with Gasteiger partial charge in [-0.25, -0.2) is 9.79 Å². The van der Waals surface area contributed by atoms with E-state index in [2.05, 4.69) is 37.9 Å². The molecule has 0 saturated carbocycles. The van der Waals surface area contributed by atoms with Gasteiger partial charge in [0.2, 0.25) is 0 Å². The van der Waals surface area contributed by atoms with Gasteiger partial charge in [-0.2, -0.15) is 0 Å². The van der Waals surface area contributed by atoms with Crippen LogP contribution in [-0.4, -0.2) is 17.6 Å². The van der Waals surface area contributed by atoms with Crippen LogP contribution < -0.4 is 14.9 Å². The molecule has 2 heterocycles. The minimum Gasteiger partial charge on any atom is -0.466 e. The van der Waals surface area contributed by atoms with Crippen LogP contribution in [0.2, 0.25) is 5.02 Å². The SMILES string of the molecule is COC(=O)C1=C(C)N=c2s/c(=C/c3ccc(C(C)(C)C)cc3)c(=O)n2[C@H]1c1ccc(Cl)cc1. The van der Waals surface area contributed by atoms with E-state index >= 15 is 0 Å². The Morgan fingerprint density at radius 1 is 1.12 bits per heavy atom. The van der Waals surface area contributed by atoms with Gasteiger partial charge in [0, 0.05) is 5.02 Å². The minimum absolute atomic E-state index is 0.0538. The van der Waals surface area contributed by atoms with Crippen LogP contribution in [0.15, 0.2) is 69.6 Å². The molecule has 5 nitrogen and oxygen atoms in total. The number of carbonyl (C=O) groups is 1. The summed E-state index contributed by atoms with van der Waals surface area (Å²) in [6, 6.07) is 14.7. The first kappa shape index (κ1) is 23.2. The summed E-state index contributed by atoms with van der Waals surface area (Å²) in [5, 5.41) is 0.574. The summed E-state index contributed by atoms with van der Waals surface area (Å²) in [7, 11) is 1.33. The maximum absolute atomic E-state index is 13.5. The molecule has 7 heteroatoms. The Labute approximate surface area is 201 Å². The van der Waals surface area contributed by atoms with Gasteiger partial charge in [0.25, 0.3) is 5.56 Å². The van der Waals surface area contributed by atoms with Crippen molar-refractivity contribution in [2.24, 2.45) is 4.99 Å². The Hall–Kier alpha value is -2.96. The van der Waals surface area contributed by atoms with Gasteiger partial charge < -0.3 is 4.74 Å². The normalized spacial score (nSPS) is 16.4. The number of esters is 1. The summed E-state index contributed by atoms with van der Waals surface area (Å²) in [5.41, 5.74) is 3.64. The smallest absolute Gasteiger partial charge is 0.338 e. The number of nitrogens with zero attached hydrogens (tertiary/aromatic N) is 2. The quantitative estimate of drug-likeness (QED) is 0.523. The van der Waals surface area contributed by atoms with E-state index in [1.165, 1.54) is 24.0 Å². The monoisotopic (exact) mass is 480 g/mol. The highest BCUT2D eigenvalue weighted by Gasteiger charge is 2.33. The van der Waals surface area contributed by atoms with E-state index in [9.17, 15) is 9.59 Å². The van der Waals surface area contributed by atoms with Crippen molar-refractivity contribution in [3.8, 4) is 0 Å². The van der Waals surface area contributed by atoms with Gasteiger partial charge in [-0.3, -0.25) is 9.36 Å². The number of benzene rings is 2. The predicted octanol–water partition coefficient (Wildman–Crippen LogP) is 4.36. The molecule has 1 aliphatic rings. The zero-order valence-corrected chi connectivity index (χ0v) is 20.8. The van der Waals surface area contributed by atoms with Crippen molar-refractivity contribution in [3.63, 3.8) is 0 Å². The zero-order chi connectivity index (χ0) is 23.9. The number of thiazole rings is 1. The topological polar surface area (TPSA) is 60.7 Å². The highest BCUT2D eigenvalue weighted by atomic mass is 35.5. The van der Waals surface area contributed by atoms with Crippen LogP contribution in [0.3, 0.4) is 0 Å². The molecule has 4 rings (SSSR count). The van der Waals surface area contributed by atoms with Gasteiger partial charge in [0.05, 0.1) is 29.0 Å². The van der Waals surface area contributed by atoms with Crippen molar-refractivity contribution in [2.75, 3.05) is 7.11 Å². The molecule has 0 unspecified atom stereocenters. The molecule has 0 bridgehead atoms. The lowest BCUT2D eigenvalue weighted by molar-refractivity contribution is -0.136.